The lowest BCUT2D eigenvalue weighted by Crippen LogP contribution is -2.34. The summed E-state index contributed by atoms with van der Waals surface area (Å²) in [7, 11) is 0. The van der Waals surface area contributed by atoms with Gasteiger partial charge in [-0.25, -0.2) is 22.0 Å². The Morgan fingerprint density at radius 3 is 1.95 bits per heavy atom. The smallest absolute Gasteiger partial charge is 0.220 e. The minimum absolute atomic E-state index is 0.299. The highest BCUT2D eigenvalue weighted by Crippen LogP contribution is 2.23. The van der Waals surface area contributed by atoms with Crippen molar-refractivity contribution in [2.45, 2.75) is 18.9 Å². The van der Waals surface area contributed by atoms with Crippen molar-refractivity contribution in [3.63, 3.8) is 0 Å². The summed E-state index contributed by atoms with van der Waals surface area (Å²) in [6, 6.07) is 0. The molecule has 21 heavy (non-hydrogen) atoms. The van der Waals surface area contributed by atoms with Crippen molar-refractivity contribution in [2.24, 2.45) is 0 Å². The summed E-state index contributed by atoms with van der Waals surface area (Å²) >= 11 is 0. The standard InChI is InChI=1S/C12H12F5NO3/c13-8-6(9(14)11(16)12(17)10(8)15)1-2-7(21)18-3-5(20)4-19/h5,19-20H,1-4H2,(H,18,21). The second-order valence-electron chi connectivity index (χ2n) is 4.19. The number of aliphatic hydroxyl groups is 2. The van der Waals surface area contributed by atoms with Crippen LogP contribution in [0.25, 0.3) is 0 Å². The fourth-order valence-corrected chi connectivity index (χ4v) is 1.49. The molecule has 0 saturated heterocycles. The van der Waals surface area contributed by atoms with Crippen molar-refractivity contribution >= 4 is 5.91 Å². The van der Waals surface area contributed by atoms with Crippen LogP contribution in [-0.2, 0) is 11.2 Å². The van der Waals surface area contributed by atoms with E-state index in [2.05, 4.69) is 5.32 Å². The minimum Gasteiger partial charge on any atom is -0.394 e. The number of amides is 1. The number of benzene rings is 1. The second-order valence-corrected chi connectivity index (χ2v) is 4.19. The molecule has 0 aliphatic carbocycles. The highest BCUT2D eigenvalue weighted by atomic mass is 19.2. The molecule has 0 aromatic heterocycles. The Morgan fingerprint density at radius 1 is 1.00 bits per heavy atom. The molecule has 1 aromatic rings. The van der Waals surface area contributed by atoms with Crippen molar-refractivity contribution < 1.29 is 37.0 Å². The van der Waals surface area contributed by atoms with Crippen LogP contribution in [0, 0.1) is 29.1 Å². The van der Waals surface area contributed by atoms with Gasteiger partial charge < -0.3 is 15.5 Å². The Balaban J connectivity index is 2.74. The molecule has 0 aliphatic heterocycles. The predicted octanol–water partition coefficient (Wildman–Crippen LogP) is 0.784. The number of rotatable bonds is 6. The van der Waals surface area contributed by atoms with Crippen LogP contribution in [0.2, 0.25) is 0 Å². The summed E-state index contributed by atoms with van der Waals surface area (Å²) < 4.78 is 65.2. The van der Waals surface area contributed by atoms with Crippen LogP contribution < -0.4 is 5.32 Å². The van der Waals surface area contributed by atoms with E-state index in [1.807, 2.05) is 0 Å². The zero-order valence-electron chi connectivity index (χ0n) is 10.6. The minimum atomic E-state index is -2.26. The average Bonchev–Trinajstić information content (AvgIpc) is 2.48. The van der Waals surface area contributed by atoms with Crippen molar-refractivity contribution in [1.82, 2.24) is 5.32 Å². The van der Waals surface area contributed by atoms with Crippen molar-refractivity contribution in [3.8, 4) is 0 Å². The monoisotopic (exact) mass is 313 g/mol. The highest BCUT2D eigenvalue weighted by molar-refractivity contribution is 5.76. The molecular formula is C12H12F5NO3. The number of aliphatic hydroxyl groups excluding tert-OH is 2. The third-order valence-corrected chi connectivity index (χ3v) is 2.65. The van der Waals surface area contributed by atoms with Gasteiger partial charge in [-0.1, -0.05) is 0 Å². The quantitative estimate of drug-likeness (QED) is 0.413. The SMILES string of the molecule is O=C(CCc1c(F)c(F)c(F)c(F)c1F)NCC(O)CO. The molecule has 4 nitrogen and oxygen atoms in total. The van der Waals surface area contributed by atoms with E-state index in [9.17, 15) is 26.7 Å². The first-order valence-electron chi connectivity index (χ1n) is 5.85. The van der Waals surface area contributed by atoms with E-state index >= 15 is 0 Å². The molecule has 1 atom stereocenters. The van der Waals surface area contributed by atoms with Crippen molar-refractivity contribution in [3.05, 3.63) is 34.6 Å². The molecule has 0 bridgehead atoms. The number of nitrogens with one attached hydrogen (secondary N) is 1. The van der Waals surface area contributed by atoms with Gasteiger partial charge >= 0.3 is 0 Å². The lowest BCUT2D eigenvalue weighted by atomic mass is 10.1. The van der Waals surface area contributed by atoms with Crippen LogP contribution >= 0.6 is 0 Å². The summed E-state index contributed by atoms with van der Waals surface area (Å²) in [5.74, 6) is -11.1. The normalized spacial score (nSPS) is 12.3. The van der Waals surface area contributed by atoms with Gasteiger partial charge in [0.25, 0.3) is 0 Å². The van der Waals surface area contributed by atoms with E-state index in [0.29, 0.717) is 0 Å². The Morgan fingerprint density at radius 2 is 1.48 bits per heavy atom. The maximum atomic E-state index is 13.3. The maximum Gasteiger partial charge on any atom is 0.220 e. The maximum absolute atomic E-state index is 13.3. The summed E-state index contributed by atoms with van der Waals surface area (Å²) in [5, 5.41) is 19.6. The predicted molar refractivity (Wildman–Crippen MR) is 60.7 cm³/mol. The average molecular weight is 313 g/mol. The molecule has 0 spiro atoms. The van der Waals surface area contributed by atoms with Gasteiger partial charge in [0.1, 0.15) is 0 Å². The van der Waals surface area contributed by atoms with E-state index in [1.165, 1.54) is 0 Å². The molecule has 0 heterocycles. The summed E-state index contributed by atoms with van der Waals surface area (Å²) in [5.41, 5.74) is -1.08. The fraction of sp³-hybridized carbons (Fsp3) is 0.417. The van der Waals surface area contributed by atoms with E-state index < -0.39 is 66.1 Å². The number of hydrogen-bond acceptors (Lipinski definition) is 3. The first-order valence-corrected chi connectivity index (χ1v) is 5.85. The summed E-state index contributed by atoms with van der Waals surface area (Å²) in [6.07, 6.45) is -2.45. The van der Waals surface area contributed by atoms with Gasteiger partial charge in [0.15, 0.2) is 23.3 Å². The first kappa shape index (κ1) is 17.3. The molecule has 1 amide bonds. The van der Waals surface area contributed by atoms with Crippen molar-refractivity contribution in [2.75, 3.05) is 13.2 Å². The van der Waals surface area contributed by atoms with Gasteiger partial charge in [-0.2, -0.15) is 0 Å². The zero-order valence-corrected chi connectivity index (χ0v) is 10.6. The van der Waals surface area contributed by atoms with Gasteiger partial charge in [0.2, 0.25) is 11.7 Å². The Bertz CT molecular complexity index is 509. The molecular weight excluding hydrogens is 301 g/mol. The molecule has 0 saturated carbocycles. The molecule has 118 valence electrons. The van der Waals surface area contributed by atoms with Gasteiger partial charge in [0.05, 0.1) is 12.7 Å². The Hall–Kier alpha value is -1.74. The van der Waals surface area contributed by atoms with Gasteiger partial charge in [-0.05, 0) is 6.42 Å². The largest absolute Gasteiger partial charge is 0.394 e. The van der Waals surface area contributed by atoms with Gasteiger partial charge in [-0.3, -0.25) is 4.79 Å². The molecule has 0 fully saturated rings. The third kappa shape index (κ3) is 4.11. The topological polar surface area (TPSA) is 69.6 Å². The molecule has 0 radical (unpaired) electrons. The fourth-order valence-electron chi connectivity index (χ4n) is 1.49. The molecule has 1 rings (SSSR count). The van der Waals surface area contributed by atoms with E-state index in [1.54, 1.807) is 0 Å². The van der Waals surface area contributed by atoms with Crippen LogP contribution in [0.3, 0.4) is 0 Å². The number of halogens is 5. The second kappa shape index (κ2) is 7.32. The first-order chi connectivity index (χ1) is 9.79. The van der Waals surface area contributed by atoms with E-state index in [4.69, 9.17) is 10.2 Å². The molecule has 9 heteroatoms. The van der Waals surface area contributed by atoms with Crippen LogP contribution in [0.5, 0.6) is 0 Å². The van der Waals surface area contributed by atoms with Crippen LogP contribution in [0.4, 0.5) is 22.0 Å². The van der Waals surface area contributed by atoms with Gasteiger partial charge in [0, 0.05) is 18.5 Å². The molecule has 1 unspecified atom stereocenters. The van der Waals surface area contributed by atoms with Gasteiger partial charge in [-0.15, -0.1) is 0 Å². The zero-order chi connectivity index (χ0) is 16.2. The van der Waals surface area contributed by atoms with Crippen molar-refractivity contribution in [1.29, 1.82) is 0 Å². The van der Waals surface area contributed by atoms with E-state index in [-0.39, 0.29) is 6.54 Å². The molecule has 1 aromatic carbocycles. The summed E-state index contributed by atoms with van der Waals surface area (Å²) in [4.78, 5) is 11.3. The van der Waals surface area contributed by atoms with Crippen LogP contribution in [0.15, 0.2) is 0 Å². The Kier molecular flexibility index (Phi) is 6.03. The van der Waals surface area contributed by atoms with Crippen LogP contribution in [-0.4, -0.2) is 35.4 Å². The molecule has 0 aliphatic rings. The van der Waals surface area contributed by atoms with Crippen LogP contribution in [0.1, 0.15) is 12.0 Å². The molecule has 3 N–H and O–H groups in total. The Labute approximate surface area is 116 Å². The lowest BCUT2D eigenvalue weighted by Gasteiger charge is -2.10. The van der Waals surface area contributed by atoms with E-state index in [0.717, 1.165) is 0 Å². The third-order valence-electron chi connectivity index (χ3n) is 2.65. The highest BCUT2D eigenvalue weighted by Gasteiger charge is 2.25. The number of carbonyl (C=O) groups excluding carboxylic acids is 1. The number of hydrogen-bond donors (Lipinski definition) is 3. The number of carbonyl (C=O) groups is 1. The summed E-state index contributed by atoms with van der Waals surface area (Å²) in [6.45, 7) is -0.898. The lowest BCUT2D eigenvalue weighted by molar-refractivity contribution is -0.121.